The number of nitrogens with two attached hydrogens (primary N) is 2. The molecule has 1 amide bonds. The number of nitrogens with zero attached hydrogens (tertiary/aromatic N) is 2. The van der Waals surface area contributed by atoms with Crippen LogP contribution in [0.15, 0.2) is 24.3 Å². The van der Waals surface area contributed by atoms with Gasteiger partial charge in [-0.05, 0) is 31.9 Å². The van der Waals surface area contributed by atoms with Crippen LogP contribution in [-0.4, -0.2) is 15.9 Å². The first kappa shape index (κ1) is 16.7. The van der Waals surface area contributed by atoms with E-state index in [4.69, 9.17) is 16.3 Å². The molecule has 0 bridgehead atoms. The number of aromatic nitrogens is 2. The molecule has 2 aromatic rings. The summed E-state index contributed by atoms with van der Waals surface area (Å²) < 4.78 is 6.06. The predicted molar refractivity (Wildman–Crippen MR) is 87.7 cm³/mol. The van der Waals surface area contributed by atoms with Gasteiger partial charge in [0.1, 0.15) is 11.9 Å². The molecule has 2 rings (SSSR count). The van der Waals surface area contributed by atoms with Gasteiger partial charge in [-0.1, -0.05) is 25.1 Å². The molecular formula is C16H21N5O2. The van der Waals surface area contributed by atoms with Crippen molar-refractivity contribution in [1.29, 1.82) is 0 Å². The lowest BCUT2D eigenvalue weighted by molar-refractivity contribution is 0.0945. The molecule has 1 unspecified atom stereocenters. The zero-order valence-corrected chi connectivity index (χ0v) is 13.5. The highest BCUT2D eigenvalue weighted by Gasteiger charge is 2.25. The minimum atomic E-state index is -0.468. The molecule has 0 aliphatic heterocycles. The van der Waals surface area contributed by atoms with E-state index in [-0.39, 0.29) is 5.95 Å². The molecule has 0 saturated heterocycles. The first-order valence-electron chi connectivity index (χ1n) is 7.35. The fourth-order valence-electron chi connectivity index (χ4n) is 2.38. The molecule has 122 valence electrons. The van der Waals surface area contributed by atoms with E-state index in [2.05, 4.69) is 15.4 Å². The van der Waals surface area contributed by atoms with E-state index in [1.807, 2.05) is 38.1 Å². The molecule has 7 nitrogen and oxygen atoms in total. The standard InChI is InChI=1S/C16H21N5O2/c1-4-11(23-12-8-6-5-7-9(12)2)14-13(15(22)21-18)10(3)19-16(17)20-14/h5-8,11H,4,18H2,1-3H3,(H,21,22)(H2,17,19,20). The van der Waals surface area contributed by atoms with E-state index in [0.29, 0.717) is 23.4 Å². The maximum atomic E-state index is 12.1. The first-order chi connectivity index (χ1) is 11.0. The lowest BCUT2D eigenvalue weighted by Gasteiger charge is -2.21. The minimum absolute atomic E-state index is 0.0953. The van der Waals surface area contributed by atoms with E-state index in [0.717, 1.165) is 11.3 Å². The fourth-order valence-corrected chi connectivity index (χ4v) is 2.38. The zero-order valence-electron chi connectivity index (χ0n) is 13.5. The van der Waals surface area contributed by atoms with Crippen molar-refractivity contribution in [3.8, 4) is 5.75 Å². The van der Waals surface area contributed by atoms with Gasteiger partial charge in [-0.2, -0.15) is 0 Å². The lowest BCUT2D eigenvalue weighted by atomic mass is 10.0. The van der Waals surface area contributed by atoms with Crippen LogP contribution < -0.4 is 21.7 Å². The van der Waals surface area contributed by atoms with Gasteiger partial charge in [0.05, 0.1) is 17.0 Å². The van der Waals surface area contributed by atoms with Gasteiger partial charge in [0, 0.05) is 0 Å². The monoisotopic (exact) mass is 315 g/mol. The number of hydrazine groups is 1. The summed E-state index contributed by atoms with van der Waals surface area (Å²) in [7, 11) is 0. The van der Waals surface area contributed by atoms with Gasteiger partial charge in [-0.3, -0.25) is 10.2 Å². The first-order valence-corrected chi connectivity index (χ1v) is 7.35. The Balaban J connectivity index is 2.49. The number of ether oxygens (including phenoxy) is 1. The molecule has 23 heavy (non-hydrogen) atoms. The summed E-state index contributed by atoms with van der Waals surface area (Å²) in [5.41, 5.74) is 10.0. The SMILES string of the molecule is CCC(Oc1ccccc1C)c1nc(N)nc(C)c1C(=O)NN. The Morgan fingerprint density at radius 3 is 2.61 bits per heavy atom. The number of amides is 1. The number of benzene rings is 1. The second-order valence-electron chi connectivity index (χ2n) is 5.18. The van der Waals surface area contributed by atoms with Gasteiger partial charge in [0.15, 0.2) is 0 Å². The molecule has 5 N–H and O–H groups in total. The summed E-state index contributed by atoms with van der Waals surface area (Å²) in [5, 5.41) is 0. The summed E-state index contributed by atoms with van der Waals surface area (Å²) in [4.78, 5) is 20.4. The topological polar surface area (TPSA) is 116 Å². The number of nitrogen functional groups attached to an aromatic ring is 2. The van der Waals surface area contributed by atoms with Crippen LogP contribution in [-0.2, 0) is 0 Å². The van der Waals surface area contributed by atoms with E-state index < -0.39 is 12.0 Å². The highest BCUT2D eigenvalue weighted by Crippen LogP contribution is 2.29. The molecule has 1 atom stereocenters. The Hall–Kier alpha value is -2.67. The Labute approximate surface area is 135 Å². The summed E-state index contributed by atoms with van der Waals surface area (Å²) in [6.45, 7) is 5.59. The Morgan fingerprint density at radius 2 is 2.00 bits per heavy atom. The van der Waals surface area contributed by atoms with Crippen LogP contribution in [0.25, 0.3) is 0 Å². The Kier molecular flexibility index (Phi) is 5.13. The highest BCUT2D eigenvalue weighted by atomic mass is 16.5. The fraction of sp³-hybridized carbons (Fsp3) is 0.312. The molecule has 0 aliphatic rings. The molecule has 0 fully saturated rings. The van der Waals surface area contributed by atoms with Crippen LogP contribution >= 0.6 is 0 Å². The van der Waals surface area contributed by atoms with Crippen molar-refractivity contribution >= 4 is 11.9 Å². The minimum Gasteiger partial charge on any atom is -0.484 e. The number of nitrogens with one attached hydrogen (secondary N) is 1. The molecular weight excluding hydrogens is 294 g/mol. The zero-order chi connectivity index (χ0) is 17.0. The molecule has 1 aromatic heterocycles. The number of anilines is 1. The molecule has 7 heteroatoms. The van der Waals surface area contributed by atoms with Crippen molar-refractivity contribution in [3.05, 3.63) is 46.8 Å². The smallest absolute Gasteiger partial charge is 0.269 e. The van der Waals surface area contributed by atoms with Gasteiger partial charge in [0.2, 0.25) is 5.95 Å². The summed E-state index contributed by atoms with van der Waals surface area (Å²) >= 11 is 0. The Bertz CT molecular complexity index is 718. The third-order valence-electron chi connectivity index (χ3n) is 3.53. The molecule has 0 aliphatic carbocycles. The van der Waals surface area contributed by atoms with Crippen molar-refractivity contribution in [2.45, 2.75) is 33.3 Å². The van der Waals surface area contributed by atoms with Gasteiger partial charge in [-0.15, -0.1) is 0 Å². The number of para-hydroxylation sites is 1. The lowest BCUT2D eigenvalue weighted by Crippen LogP contribution is -2.33. The second-order valence-corrected chi connectivity index (χ2v) is 5.18. The molecule has 1 aromatic carbocycles. The van der Waals surface area contributed by atoms with E-state index in [1.54, 1.807) is 6.92 Å². The number of carbonyl (C=O) groups excluding carboxylic acids is 1. The Morgan fingerprint density at radius 1 is 1.30 bits per heavy atom. The number of hydrogen-bond donors (Lipinski definition) is 3. The molecule has 1 heterocycles. The van der Waals surface area contributed by atoms with Gasteiger partial charge >= 0.3 is 0 Å². The average Bonchev–Trinajstić information content (AvgIpc) is 2.52. The van der Waals surface area contributed by atoms with Crippen LogP contribution in [0.2, 0.25) is 0 Å². The van der Waals surface area contributed by atoms with E-state index in [9.17, 15) is 4.79 Å². The number of carbonyl (C=O) groups is 1. The van der Waals surface area contributed by atoms with Crippen molar-refractivity contribution in [3.63, 3.8) is 0 Å². The molecule has 0 spiro atoms. The normalized spacial score (nSPS) is 11.8. The van der Waals surface area contributed by atoms with E-state index >= 15 is 0 Å². The summed E-state index contributed by atoms with van der Waals surface area (Å²) in [6, 6.07) is 7.65. The third-order valence-corrected chi connectivity index (χ3v) is 3.53. The van der Waals surface area contributed by atoms with Gasteiger partial charge < -0.3 is 10.5 Å². The van der Waals surface area contributed by atoms with Gasteiger partial charge in [-0.25, -0.2) is 15.8 Å². The van der Waals surface area contributed by atoms with Crippen molar-refractivity contribution in [2.75, 3.05) is 5.73 Å². The van der Waals surface area contributed by atoms with E-state index in [1.165, 1.54) is 0 Å². The van der Waals surface area contributed by atoms with Gasteiger partial charge in [0.25, 0.3) is 5.91 Å². The number of hydrogen-bond acceptors (Lipinski definition) is 6. The maximum absolute atomic E-state index is 12.1. The molecule has 0 radical (unpaired) electrons. The van der Waals surface area contributed by atoms with Crippen LogP contribution in [0, 0.1) is 13.8 Å². The second kappa shape index (κ2) is 7.06. The third kappa shape index (κ3) is 3.57. The van der Waals surface area contributed by atoms with Crippen molar-refractivity contribution in [1.82, 2.24) is 15.4 Å². The van der Waals surface area contributed by atoms with Crippen LogP contribution in [0.5, 0.6) is 5.75 Å². The quantitative estimate of drug-likeness (QED) is 0.440. The van der Waals surface area contributed by atoms with Crippen LogP contribution in [0.4, 0.5) is 5.95 Å². The average molecular weight is 315 g/mol. The van der Waals surface area contributed by atoms with Crippen molar-refractivity contribution < 1.29 is 9.53 Å². The highest BCUT2D eigenvalue weighted by molar-refractivity contribution is 5.96. The van der Waals surface area contributed by atoms with Crippen LogP contribution in [0.1, 0.15) is 46.8 Å². The summed E-state index contributed by atoms with van der Waals surface area (Å²) in [6.07, 6.45) is 0.169. The maximum Gasteiger partial charge on any atom is 0.269 e. The van der Waals surface area contributed by atoms with Crippen LogP contribution in [0.3, 0.4) is 0 Å². The van der Waals surface area contributed by atoms with Crippen molar-refractivity contribution in [2.24, 2.45) is 5.84 Å². The predicted octanol–water partition coefficient (Wildman–Crippen LogP) is 1.81. The number of rotatable bonds is 5. The molecule has 0 saturated carbocycles. The largest absolute Gasteiger partial charge is 0.484 e. The summed E-state index contributed by atoms with van der Waals surface area (Å²) in [5.74, 6) is 5.63. The number of aryl methyl sites for hydroxylation is 2.